The van der Waals surface area contributed by atoms with Crippen molar-refractivity contribution in [2.75, 3.05) is 16.8 Å². The zero-order valence-corrected chi connectivity index (χ0v) is 18.7. The van der Waals surface area contributed by atoms with Gasteiger partial charge in [-0.3, -0.25) is 9.59 Å². The molecule has 0 saturated heterocycles. The lowest BCUT2D eigenvalue weighted by Crippen LogP contribution is -2.36. The fourth-order valence-electron chi connectivity index (χ4n) is 3.24. The van der Waals surface area contributed by atoms with Gasteiger partial charge in [-0.15, -0.1) is 0 Å². The van der Waals surface area contributed by atoms with Crippen molar-refractivity contribution in [2.45, 2.75) is 30.6 Å². The van der Waals surface area contributed by atoms with Crippen LogP contribution < -0.4 is 15.4 Å². The van der Waals surface area contributed by atoms with Gasteiger partial charge in [0.25, 0.3) is 0 Å². The number of benzene rings is 2. The molecule has 3 rings (SSSR count). The Kier molecular flexibility index (Phi) is 6.94. The molecular formula is C19H18Cl3N3O4S. The molecule has 160 valence electrons. The van der Waals surface area contributed by atoms with E-state index in [1.54, 1.807) is 17.0 Å². The number of rotatable bonds is 5. The first-order valence-electron chi connectivity index (χ1n) is 8.97. The lowest BCUT2D eigenvalue weighted by Gasteiger charge is -2.30. The number of aryl methyl sites for hydroxylation is 1. The van der Waals surface area contributed by atoms with Crippen LogP contribution in [0, 0.1) is 0 Å². The van der Waals surface area contributed by atoms with Crippen molar-refractivity contribution in [3.8, 4) is 0 Å². The Hall–Kier alpha value is -1.84. The molecule has 1 aliphatic rings. The molecular weight excluding hydrogens is 473 g/mol. The highest BCUT2D eigenvalue weighted by molar-refractivity contribution is 7.89. The van der Waals surface area contributed by atoms with Crippen molar-refractivity contribution in [2.24, 2.45) is 5.14 Å². The number of primary sulfonamides is 1. The van der Waals surface area contributed by atoms with Gasteiger partial charge in [0.05, 0.1) is 26.3 Å². The molecule has 0 fully saturated rings. The van der Waals surface area contributed by atoms with E-state index in [1.807, 2.05) is 0 Å². The number of nitrogens with one attached hydrogen (secondary N) is 1. The van der Waals surface area contributed by atoms with E-state index in [4.69, 9.17) is 39.9 Å². The molecule has 0 aliphatic carbocycles. The average molecular weight is 491 g/mol. The topological polar surface area (TPSA) is 110 Å². The molecule has 0 aromatic heterocycles. The zero-order valence-electron chi connectivity index (χ0n) is 15.6. The molecule has 1 aliphatic heterocycles. The summed E-state index contributed by atoms with van der Waals surface area (Å²) in [6.45, 7) is 0.510. The SMILES string of the molecule is NS(=O)(=O)c1ccc(NC(=O)CCC(=O)N2CCCc3cc(Cl)cc(Cl)c32)c(Cl)c1. The second-order valence-electron chi connectivity index (χ2n) is 6.78. The first-order valence-corrected chi connectivity index (χ1v) is 11.6. The van der Waals surface area contributed by atoms with Gasteiger partial charge < -0.3 is 10.2 Å². The Morgan fingerprint density at radius 2 is 1.80 bits per heavy atom. The third-order valence-corrected chi connectivity index (χ3v) is 6.35. The summed E-state index contributed by atoms with van der Waals surface area (Å²) < 4.78 is 22.7. The van der Waals surface area contributed by atoms with Crippen molar-refractivity contribution >= 4 is 68.0 Å². The molecule has 2 amide bonds. The van der Waals surface area contributed by atoms with Crippen LogP contribution in [-0.2, 0) is 26.0 Å². The van der Waals surface area contributed by atoms with Crippen LogP contribution in [0.2, 0.25) is 15.1 Å². The summed E-state index contributed by atoms with van der Waals surface area (Å²) in [5.74, 6) is -0.668. The number of nitrogens with two attached hydrogens (primary N) is 1. The first-order chi connectivity index (χ1) is 14.1. The number of carbonyl (C=O) groups excluding carboxylic acids is 2. The van der Waals surface area contributed by atoms with Gasteiger partial charge >= 0.3 is 0 Å². The Bertz CT molecular complexity index is 1120. The van der Waals surface area contributed by atoms with Crippen molar-refractivity contribution in [1.29, 1.82) is 0 Å². The summed E-state index contributed by atoms with van der Waals surface area (Å²) in [7, 11) is -3.90. The van der Waals surface area contributed by atoms with Gasteiger partial charge in [-0.25, -0.2) is 13.6 Å². The highest BCUT2D eigenvalue weighted by Crippen LogP contribution is 2.37. The van der Waals surface area contributed by atoms with Gasteiger partial charge in [-0.2, -0.15) is 0 Å². The van der Waals surface area contributed by atoms with Crippen molar-refractivity contribution in [3.05, 3.63) is 51.0 Å². The molecule has 7 nitrogen and oxygen atoms in total. The minimum absolute atomic E-state index is 0.0230. The third kappa shape index (κ3) is 5.25. The molecule has 1 heterocycles. The van der Waals surface area contributed by atoms with Crippen molar-refractivity contribution < 1.29 is 18.0 Å². The summed E-state index contributed by atoms with van der Waals surface area (Å²) in [5.41, 5.74) is 1.76. The van der Waals surface area contributed by atoms with Crippen LogP contribution in [0.1, 0.15) is 24.8 Å². The van der Waals surface area contributed by atoms with E-state index in [0.29, 0.717) is 22.3 Å². The standard InChI is InChI=1S/C19H18Cl3N3O4S/c20-12-8-11-2-1-7-25(19(11)15(22)9-12)18(27)6-5-17(26)24-16-4-3-13(10-14(16)21)30(23,28)29/h3-4,8-10H,1-2,5-7H2,(H,24,26)(H2,23,28,29). The Balaban J connectivity index is 1.65. The van der Waals surface area contributed by atoms with Gasteiger partial charge in [0.15, 0.2) is 0 Å². The minimum atomic E-state index is -3.90. The summed E-state index contributed by atoms with van der Waals surface area (Å²) >= 11 is 18.4. The molecule has 3 N–H and O–H groups in total. The molecule has 2 aromatic rings. The molecule has 2 aromatic carbocycles. The molecule has 0 atom stereocenters. The summed E-state index contributed by atoms with van der Waals surface area (Å²) in [4.78, 5) is 26.4. The number of sulfonamides is 1. The molecule has 30 heavy (non-hydrogen) atoms. The lowest BCUT2D eigenvalue weighted by molar-refractivity contribution is -0.122. The van der Waals surface area contributed by atoms with Gasteiger partial charge in [-0.05, 0) is 48.7 Å². The van der Waals surface area contributed by atoms with Crippen LogP contribution in [0.5, 0.6) is 0 Å². The smallest absolute Gasteiger partial charge is 0.238 e. The maximum Gasteiger partial charge on any atom is 0.238 e. The van der Waals surface area contributed by atoms with E-state index >= 15 is 0 Å². The molecule has 0 unspecified atom stereocenters. The molecule has 0 saturated carbocycles. The predicted octanol–water partition coefficient (Wildman–Crippen LogP) is 3.99. The lowest BCUT2D eigenvalue weighted by atomic mass is 10.0. The monoisotopic (exact) mass is 489 g/mol. The largest absolute Gasteiger partial charge is 0.325 e. The van der Waals surface area contributed by atoms with Crippen molar-refractivity contribution in [1.82, 2.24) is 0 Å². The van der Waals surface area contributed by atoms with E-state index in [2.05, 4.69) is 5.32 Å². The third-order valence-electron chi connectivity index (χ3n) is 4.62. The van der Waals surface area contributed by atoms with E-state index in [9.17, 15) is 18.0 Å². The second-order valence-corrected chi connectivity index (χ2v) is 9.59. The second kappa shape index (κ2) is 9.11. The van der Waals surface area contributed by atoms with Crippen LogP contribution >= 0.6 is 34.8 Å². The predicted molar refractivity (Wildman–Crippen MR) is 118 cm³/mol. The number of fused-ring (bicyclic) bond motifs is 1. The molecule has 0 spiro atoms. The van der Waals surface area contributed by atoms with E-state index in [-0.39, 0.29) is 34.4 Å². The van der Waals surface area contributed by atoms with Crippen LogP contribution in [0.15, 0.2) is 35.2 Å². The van der Waals surface area contributed by atoms with Crippen LogP contribution in [0.3, 0.4) is 0 Å². The van der Waals surface area contributed by atoms with E-state index in [0.717, 1.165) is 24.5 Å². The van der Waals surface area contributed by atoms with E-state index in [1.165, 1.54) is 12.1 Å². The van der Waals surface area contributed by atoms with Gasteiger partial charge in [0.2, 0.25) is 21.8 Å². The van der Waals surface area contributed by atoms with Gasteiger partial charge in [0, 0.05) is 24.4 Å². The van der Waals surface area contributed by atoms with Crippen molar-refractivity contribution in [3.63, 3.8) is 0 Å². The van der Waals surface area contributed by atoms with Crippen LogP contribution in [-0.4, -0.2) is 26.8 Å². The number of nitrogens with zero attached hydrogens (tertiary/aromatic N) is 1. The maximum absolute atomic E-state index is 12.7. The fourth-order valence-corrected chi connectivity index (χ4v) is 4.71. The Labute approximate surface area is 189 Å². The molecule has 0 radical (unpaired) electrons. The number of carbonyl (C=O) groups is 2. The minimum Gasteiger partial charge on any atom is -0.325 e. The number of anilines is 2. The quantitative estimate of drug-likeness (QED) is 0.660. The highest BCUT2D eigenvalue weighted by atomic mass is 35.5. The summed E-state index contributed by atoms with van der Waals surface area (Å²) in [5, 5.41) is 8.55. The van der Waals surface area contributed by atoms with Crippen LogP contribution in [0.25, 0.3) is 0 Å². The molecule has 0 bridgehead atoms. The zero-order chi connectivity index (χ0) is 22.1. The Morgan fingerprint density at radius 3 is 2.47 bits per heavy atom. The summed E-state index contributed by atoms with van der Waals surface area (Å²) in [6, 6.07) is 7.11. The summed E-state index contributed by atoms with van der Waals surface area (Å²) in [6.07, 6.45) is 1.43. The maximum atomic E-state index is 12.7. The average Bonchev–Trinajstić information content (AvgIpc) is 2.66. The highest BCUT2D eigenvalue weighted by Gasteiger charge is 2.26. The normalized spacial score (nSPS) is 13.7. The number of halogens is 3. The fraction of sp³-hybridized carbons (Fsp3) is 0.263. The van der Waals surface area contributed by atoms with Gasteiger partial charge in [-0.1, -0.05) is 34.8 Å². The van der Waals surface area contributed by atoms with E-state index < -0.39 is 15.9 Å². The number of hydrogen-bond acceptors (Lipinski definition) is 4. The first kappa shape index (κ1) is 22.8. The Morgan fingerprint density at radius 1 is 1.07 bits per heavy atom. The number of hydrogen-bond donors (Lipinski definition) is 2. The number of amides is 2. The molecule has 11 heteroatoms. The van der Waals surface area contributed by atoms with Gasteiger partial charge in [0.1, 0.15) is 0 Å². The van der Waals surface area contributed by atoms with Crippen LogP contribution in [0.4, 0.5) is 11.4 Å².